The molecular weight excluding hydrogens is 252 g/mol. The third-order valence-electron chi connectivity index (χ3n) is 3.06. The third-order valence-corrected chi connectivity index (χ3v) is 4.18. The van der Waals surface area contributed by atoms with E-state index in [1.54, 1.807) is 11.3 Å². The summed E-state index contributed by atoms with van der Waals surface area (Å²) in [6.45, 7) is 0. The molecule has 0 unspecified atom stereocenters. The highest BCUT2D eigenvalue weighted by atomic mass is 32.1. The van der Waals surface area contributed by atoms with E-state index in [1.165, 1.54) is 16.9 Å². The maximum atomic E-state index is 11.0. The fourth-order valence-corrected chi connectivity index (χ4v) is 3.40. The van der Waals surface area contributed by atoms with Crippen molar-refractivity contribution in [1.29, 1.82) is 0 Å². The quantitative estimate of drug-likeness (QED) is 0.851. The van der Waals surface area contributed by atoms with Crippen molar-refractivity contribution in [3.05, 3.63) is 16.3 Å². The number of amides is 1. The molecule has 0 atom stereocenters. The molecule has 0 aliphatic heterocycles. The summed E-state index contributed by atoms with van der Waals surface area (Å²) >= 11 is 1.56. The Kier molecular flexibility index (Phi) is 2.55. The van der Waals surface area contributed by atoms with Gasteiger partial charge < -0.3 is 16.0 Å². The first-order valence-corrected chi connectivity index (χ1v) is 6.52. The van der Waals surface area contributed by atoms with E-state index in [0.29, 0.717) is 10.9 Å². The number of nitrogens with two attached hydrogens (primary N) is 2. The molecule has 0 saturated carbocycles. The van der Waals surface area contributed by atoms with Crippen molar-refractivity contribution in [2.45, 2.75) is 25.7 Å². The zero-order chi connectivity index (χ0) is 12.7. The van der Waals surface area contributed by atoms with Gasteiger partial charge in [0, 0.05) is 4.88 Å². The zero-order valence-electron chi connectivity index (χ0n) is 9.60. The smallest absolute Gasteiger partial charge is 0.290 e. The van der Waals surface area contributed by atoms with Crippen LogP contribution in [0.3, 0.4) is 0 Å². The first-order chi connectivity index (χ1) is 8.66. The average molecular weight is 264 g/mol. The molecule has 2 aromatic heterocycles. The second-order valence-corrected chi connectivity index (χ2v) is 5.37. The zero-order valence-corrected chi connectivity index (χ0v) is 10.4. The number of thiophene rings is 1. The molecule has 0 fully saturated rings. The maximum Gasteiger partial charge on any atom is 0.290 e. The highest BCUT2D eigenvalue weighted by molar-refractivity contribution is 7.16. The number of fused-ring (bicyclic) bond motifs is 1. The number of aryl methyl sites for hydroxylation is 1. The second kappa shape index (κ2) is 4.09. The number of hydrogen-bond donors (Lipinski definition) is 2. The first kappa shape index (κ1) is 11.2. The summed E-state index contributed by atoms with van der Waals surface area (Å²) in [6, 6.07) is 0. The first-order valence-electron chi connectivity index (χ1n) is 5.70. The summed E-state index contributed by atoms with van der Waals surface area (Å²) in [6.07, 6.45) is 4.32. The fourth-order valence-electron chi connectivity index (χ4n) is 2.25. The number of aromatic nitrogens is 2. The number of primary amides is 1. The van der Waals surface area contributed by atoms with E-state index in [2.05, 4.69) is 10.1 Å². The van der Waals surface area contributed by atoms with Crippen LogP contribution >= 0.6 is 11.3 Å². The topological polar surface area (TPSA) is 108 Å². The number of hydrogen-bond acceptors (Lipinski definition) is 6. The van der Waals surface area contributed by atoms with Crippen LogP contribution in [0.5, 0.6) is 0 Å². The minimum absolute atomic E-state index is 0.111. The second-order valence-electron chi connectivity index (χ2n) is 4.24. The Morgan fingerprint density at radius 2 is 2.11 bits per heavy atom. The molecule has 7 heteroatoms. The van der Waals surface area contributed by atoms with Gasteiger partial charge in [-0.15, -0.1) is 11.3 Å². The molecule has 4 N–H and O–H groups in total. The molecule has 0 saturated heterocycles. The Hall–Kier alpha value is -1.89. The lowest BCUT2D eigenvalue weighted by Crippen LogP contribution is -2.12. The highest BCUT2D eigenvalue weighted by Gasteiger charge is 2.24. The summed E-state index contributed by atoms with van der Waals surface area (Å²) in [7, 11) is 0. The molecule has 1 aliphatic carbocycles. The van der Waals surface area contributed by atoms with E-state index in [0.717, 1.165) is 24.8 Å². The predicted molar refractivity (Wildman–Crippen MR) is 67.2 cm³/mol. The standard InChI is InChI=1S/C11H12N4O2S/c12-8(16)10-14-11(17-15-10)7-5-3-1-2-4-6(5)18-9(7)13/h1-4,13H2,(H2,12,16). The van der Waals surface area contributed by atoms with Crippen molar-refractivity contribution in [2.24, 2.45) is 5.73 Å². The normalized spacial score (nSPS) is 14.4. The number of carbonyl (C=O) groups is 1. The molecule has 94 valence electrons. The predicted octanol–water partition coefficient (Wildman–Crippen LogP) is 1.36. The summed E-state index contributed by atoms with van der Waals surface area (Å²) in [5, 5.41) is 4.22. The van der Waals surface area contributed by atoms with Gasteiger partial charge in [0.25, 0.3) is 17.6 Å². The van der Waals surface area contributed by atoms with Crippen LogP contribution in [0.4, 0.5) is 5.00 Å². The molecule has 1 amide bonds. The minimum atomic E-state index is -0.701. The largest absolute Gasteiger partial charge is 0.390 e. The van der Waals surface area contributed by atoms with Crippen molar-refractivity contribution < 1.29 is 9.32 Å². The fraction of sp³-hybridized carbons (Fsp3) is 0.364. The Morgan fingerprint density at radius 1 is 1.33 bits per heavy atom. The molecule has 2 aromatic rings. The van der Waals surface area contributed by atoms with Gasteiger partial charge in [0.1, 0.15) is 0 Å². The molecule has 0 spiro atoms. The van der Waals surface area contributed by atoms with Crippen LogP contribution in [0.2, 0.25) is 0 Å². The number of anilines is 1. The van der Waals surface area contributed by atoms with Crippen LogP contribution in [-0.4, -0.2) is 16.0 Å². The molecule has 1 aliphatic rings. The van der Waals surface area contributed by atoms with Gasteiger partial charge >= 0.3 is 0 Å². The van der Waals surface area contributed by atoms with E-state index in [-0.39, 0.29) is 5.82 Å². The van der Waals surface area contributed by atoms with E-state index >= 15 is 0 Å². The molecule has 0 radical (unpaired) electrons. The molecule has 6 nitrogen and oxygen atoms in total. The SMILES string of the molecule is NC(=O)c1noc(-c2c(N)sc3c2CCCC3)n1. The van der Waals surface area contributed by atoms with Crippen molar-refractivity contribution in [1.82, 2.24) is 10.1 Å². The highest BCUT2D eigenvalue weighted by Crippen LogP contribution is 2.41. The number of nitrogens with zero attached hydrogens (tertiary/aromatic N) is 2. The van der Waals surface area contributed by atoms with Gasteiger partial charge in [-0.25, -0.2) is 0 Å². The maximum absolute atomic E-state index is 11.0. The Balaban J connectivity index is 2.10. The molecule has 18 heavy (non-hydrogen) atoms. The van der Waals surface area contributed by atoms with Crippen LogP contribution in [0, 0.1) is 0 Å². The summed E-state index contributed by atoms with van der Waals surface area (Å²) < 4.78 is 5.08. The summed E-state index contributed by atoms with van der Waals surface area (Å²) in [5.74, 6) is -0.520. The van der Waals surface area contributed by atoms with Crippen LogP contribution < -0.4 is 11.5 Å². The molecule has 0 bridgehead atoms. The van der Waals surface area contributed by atoms with Crippen molar-refractivity contribution in [2.75, 3.05) is 5.73 Å². The van der Waals surface area contributed by atoms with Crippen LogP contribution in [-0.2, 0) is 12.8 Å². The molecular formula is C11H12N4O2S. The van der Waals surface area contributed by atoms with E-state index in [4.69, 9.17) is 16.0 Å². The Bertz CT molecular complexity index is 617. The van der Waals surface area contributed by atoms with Gasteiger partial charge in [-0.3, -0.25) is 4.79 Å². The van der Waals surface area contributed by atoms with Gasteiger partial charge in [-0.05, 0) is 31.2 Å². The van der Waals surface area contributed by atoms with Gasteiger partial charge in [-0.1, -0.05) is 5.16 Å². The molecule has 2 heterocycles. The van der Waals surface area contributed by atoms with Crippen molar-refractivity contribution in [3.8, 4) is 11.5 Å². The van der Waals surface area contributed by atoms with E-state index in [1.807, 2.05) is 0 Å². The molecule has 0 aromatic carbocycles. The number of carbonyl (C=O) groups excluding carboxylic acids is 1. The summed E-state index contributed by atoms with van der Waals surface area (Å²) in [4.78, 5) is 16.2. The van der Waals surface area contributed by atoms with Crippen LogP contribution in [0.15, 0.2) is 4.52 Å². The van der Waals surface area contributed by atoms with Gasteiger partial charge in [0.2, 0.25) is 0 Å². The lowest BCUT2D eigenvalue weighted by Gasteiger charge is -2.10. The van der Waals surface area contributed by atoms with Crippen LogP contribution in [0.1, 0.15) is 33.9 Å². The minimum Gasteiger partial charge on any atom is -0.390 e. The van der Waals surface area contributed by atoms with Gasteiger partial charge in [0.05, 0.1) is 10.6 Å². The molecule has 3 rings (SSSR count). The lowest BCUT2D eigenvalue weighted by atomic mass is 9.95. The monoisotopic (exact) mass is 264 g/mol. The van der Waals surface area contributed by atoms with Crippen molar-refractivity contribution >= 4 is 22.2 Å². The average Bonchev–Trinajstić information content (AvgIpc) is 2.91. The third kappa shape index (κ3) is 1.67. The van der Waals surface area contributed by atoms with E-state index < -0.39 is 5.91 Å². The van der Waals surface area contributed by atoms with E-state index in [9.17, 15) is 4.79 Å². The van der Waals surface area contributed by atoms with Crippen molar-refractivity contribution in [3.63, 3.8) is 0 Å². The lowest BCUT2D eigenvalue weighted by molar-refractivity contribution is 0.0987. The number of rotatable bonds is 2. The van der Waals surface area contributed by atoms with Gasteiger partial charge in [0.15, 0.2) is 0 Å². The summed E-state index contributed by atoms with van der Waals surface area (Å²) in [5.41, 5.74) is 13.1. The van der Waals surface area contributed by atoms with Crippen LogP contribution in [0.25, 0.3) is 11.5 Å². The van der Waals surface area contributed by atoms with Gasteiger partial charge in [-0.2, -0.15) is 4.98 Å². The Labute approximate surface area is 107 Å². The number of nitrogen functional groups attached to an aromatic ring is 1. The Morgan fingerprint density at radius 3 is 2.83 bits per heavy atom.